The average Bonchev–Trinajstić information content (AvgIpc) is 3.59. The smallest absolute Gasteiger partial charge is 0.339 e. The lowest BCUT2D eigenvalue weighted by Gasteiger charge is -2.10. The Balaban J connectivity index is 1.55. The molecule has 0 unspecified atom stereocenters. The number of hydrogen-bond donors (Lipinski definition) is 0. The minimum Gasteiger partial charge on any atom is -0.497 e. The summed E-state index contributed by atoms with van der Waals surface area (Å²) in [6.07, 6.45) is 0. The number of rotatable bonds is 6. The summed E-state index contributed by atoms with van der Waals surface area (Å²) in [7, 11) is 1.63. The first kappa shape index (κ1) is 21.4. The van der Waals surface area contributed by atoms with Crippen LogP contribution in [0.1, 0.15) is 23.6 Å². The third kappa shape index (κ3) is 3.84. The van der Waals surface area contributed by atoms with Gasteiger partial charge in [0.1, 0.15) is 5.75 Å². The molecule has 1 aliphatic rings. The van der Waals surface area contributed by atoms with Crippen LogP contribution in [0.5, 0.6) is 5.75 Å². The molecule has 0 saturated heterocycles. The molecule has 0 spiro atoms. The van der Waals surface area contributed by atoms with E-state index >= 15 is 0 Å². The van der Waals surface area contributed by atoms with Crippen LogP contribution in [0.25, 0.3) is 31.3 Å². The highest BCUT2D eigenvalue weighted by Gasteiger charge is 2.31. The predicted octanol–water partition coefficient (Wildman–Crippen LogP) is 7.54. The molecule has 0 radical (unpaired) electrons. The molecule has 0 atom stereocenters. The molecule has 33 heavy (non-hydrogen) atoms. The molecule has 0 saturated carbocycles. The zero-order valence-electron chi connectivity index (χ0n) is 18.4. The van der Waals surface area contributed by atoms with Gasteiger partial charge in [0.2, 0.25) is 0 Å². The highest BCUT2D eigenvalue weighted by atomic mass is 32.1. The van der Waals surface area contributed by atoms with Crippen LogP contribution in [0.3, 0.4) is 0 Å². The molecule has 164 valence electrons. The number of hydrogen-bond acceptors (Lipinski definition) is 5. The summed E-state index contributed by atoms with van der Waals surface area (Å²) in [5, 5.41) is 2.10. The van der Waals surface area contributed by atoms with Gasteiger partial charge in [-0.2, -0.15) is 0 Å². The third-order valence-electron chi connectivity index (χ3n) is 5.68. The van der Waals surface area contributed by atoms with Gasteiger partial charge in [0.25, 0.3) is 0 Å². The van der Waals surface area contributed by atoms with Crippen LogP contribution < -0.4 is 4.74 Å². The SMILES string of the molecule is C=C1C(C(=O)OCC)=C(c2ccc(-c3ccc(-c4cccs4)s3)cc2)c2ccc(OC)cc21. The highest BCUT2D eigenvalue weighted by molar-refractivity contribution is 7.23. The van der Waals surface area contributed by atoms with Crippen LogP contribution in [-0.4, -0.2) is 19.7 Å². The number of thiophene rings is 2. The van der Waals surface area contributed by atoms with Crippen LogP contribution >= 0.6 is 22.7 Å². The number of esters is 1. The van der Waals surface area contributed by atoms with Crippen molar-refractivity contribution in [2.24, 2.45) is 0 Å². The Bertz CT molecular complexity index is 1370. The van der Waals surface area contributed by atoms with E-state index in [-0.39, 0.29) is 5.97 Å². The molecule has 4 aromatic rings. The van der Waals surface area contributed by atoms with Gasteiger partial charge in [-0.15, -0.1) is 22.7 Å². The van der Waals surface area contributed by atoms with Crippen molar-refractivity contribution in [3.05, 3.63) is 101 Å². The summed E-state index contributed by atoms with van der Waals surface area (Å²) in [6.45, 7) is 6.34. The first-order valence-electron chi connectivity index (χ1n) is 10.6. The zero-order valence-corrected chi connectivity index (χ0v) is 20.0. The maximum Gasteiger partial charge on any atom is 0.339 e. The van der Waals surface area contributed by atoms with E-state index in [1.165, 1.54) is 14.6 Å². The second kappa shape index (κ2) is 8.85. The monoisotopic (exact) mass is 470 g/mol. The van der Waals surface area contributed by atoms with Crippen molar-refractivity contribution in [2.75, 3.05) is 13.7 Å². The van der Waals surface area contributed by atoms with E-state index in [4.69, 9.17) is 9.47 Å². The Morgan fingerprint density at radius 3 is 2.36 bits per heavy atom. The van der Waals surface area contributed by atoms with E-state index in [0.717, 1.165) is 33.6 Å². The van der Waals surface area contributed by atoms with E-state index in [1.807, 2.05) is 25.1 Å². The van der Waals surface area contributed by atoms with E-state index in [2.05, 4.69) is 60.5 Å². The average molecular weight is 471 g/mol. The second-order valence-electron chi connectivity index (χ2n) is 7.58. The molecule has 0 amide bonds. The summed E-state index contributed by atoms with van der Waals surface area (Å²) in [5.41, 5.74) is 6.01. The van der Waals surface area contributed by atoms with Gasteiger partial charge in [-0.3, -0.25) is 0 Å². The normalized spacial score (nSPS) is 12.7. The van der Waals surface area contributed by atoms with Gasteiger partial charge < -0.3 is 9.47 Å². The Morgan fingerprint density at radius 2 is 1.67 bits per heavy atom. The molecular weight excluding hydrogens is 448 g/mol. The molecule has 0 bridgehead atoms. The van der Waals surface area contributed by atoms with E-state index < -0.39 is 0 Å². The van der Waals surface area contributed by atoms with Gasteiger partial charge in [-0.25, -0.2) is 4.79 Å². The maximum atomic E-state index is 12.9. The van der Waals surface area contributed by atoms with E-state index in [9.17, 15) is 4.79 Å². The quantitative estimate of drug-likeness (QED) is 0.273. The lowest BCUT2D eigenvalue weighted by Crippen LogP contribution is -2.08. The van der Waals surface area contributed by atoms with Crippen molar-refractivity contribution in [1.82, 2.24) is 0 Å². The van der Waals surface area contributed by atoms with Crippen molar-refractivity contribution >= 4 is 39.8 Å². The fourth-order valence-electron chi connectivity index (χ4n) is 4.11. The van der Waals surface area contributed by atoms with Crippen molar-refractivity contribution in [3.8, 4) is 25.9 Å². The minimum absolute atomic E-state index is 0.312. The van der Waals surface area contributed by atoms with E-state index in [0.29, 0.717) is 17.8 Å². The summed E-state index contributed by atoms with van der Waals surface area (Å²) in [6, 6.07) is 22.7. The van der Waals surface area contributed by atoms with Crippen molar-refractivity contribution < 1.29 is 14.3 Å². The second-order valence-corrected chi connectivity index (χ2v) is 9.61. The van der Waals surface area contributed by atoms with Gasteiger partial charge in [0, 0.05) is 20.2 Å². The predicted molar refractivity (Wildman–Crippen MR) is 138 cm³/mol. The largest absolute Gasteiger partial charge is 0.497 e. The number of carbonyl (C=O) groups is 1. The number of benzene rings is 2. The van der Waals surface area contributed by atoms with Crippen LogP contribution in [0.4, 0.5) is 0 Å². The van der Waals surface area contributed by atoms with Crippen LogP contribution in [0, 0.1) is 0 Å². The molecule has 0 N–H and O–H groups in total. The summed E-state index contributed by atoms with van der Waals surface area (Å²) >= 11 is 3.53. The molecule has 1 aliphatic carbocycles. The third-order valence-corrected chi connectivity index (χ3v) is 7.88. The van der Waals surface area contributed by atoms with Crippen molar-refractivity contribution in [3.63, 3.8) is 0 Å². The van der Waals surface area contributed by atoms with Crippen molar-refractivity contribution in [2.45, 2.75) is 6.92 Å². The Labute approximate surface area is 201 Å². The van der Waals surface area contributed by atoms with Gasteiger partial charge in [0.05, 0.1) is 19.3 Å². The van der Waals surface area contributed by atoms with Gasteiger partial charge in [-0.05, 0) is 70.5 Å². The summed E-state index contributed by atoms with van der Waals surface area (Å²) < 4.78 is 10.8. The van der Waals surface area contributed by atoms with Gasteiger partial charge in [-0.1, -0.05) is 43.0 Å². The standard InChI is InChI=1S/C28H22O3S2/c1-4-31-28(29)26-17(2)22-16-20(30-3)11-12-21(22)27(26)19-9-7-18(8-10-19)23-13-14-25(33-23)24-6-5-15-32-24/h5-16H,2,4H2,1,3H3. The minimum atomic E-state index is -0.351. The molecule has 5 heteroatoms. The van der Waals surface area contributed by atoms with Crippen molar-refractivity contribution in [1.29, 1.82) is 0 Å². The first-order valence-corrected chi connectivity index (χ1v) is 12.3. The number of methoxy groups -OCH3 is 1. The highest BCUT2D eigenvalue weighted by Crippen LogP contribution is 2.46. The summed E-state index contributed by atoms with van der Waals surface area (Å²) in [4.78, 5) is 16.7. The first-order chi connectivity index (χ1) is 16.1. The van der Waals surface area contributed by atoms with Gasteiger partial charge in [0.15, 0.2) is 0 Å². The zero-order chi connectivity index (χ0) is 22.9. The van der Waals surface area contributed by atoms with Crippen LogP contribution in [0.2, 0.25) is 0 Å². The van der Waals surface area contributed by atoms with Crippen LogP contribution in [-0.2, 0) is 9.53 Å². The number of fused-ring (bicyclic) bond motifs is 1. The van der Waals surface area contributed by atoms with Crippen LogP contribution in [0.15, 0.2) is 84.3 Å². The number of carbonyl (C=O) groups excluding carboxylic acids is 1. The molecule has 3 nitrogen and oxygen atoms in total. The molecule has 5 rings (SSSR count). The molecule has 0 fully saturated rings. The maximum absolute atomic E-state index is 12.9. The molecule has 2 aromatic carbocycles. The lowest BCUT2D eigenvalue weighted by atomic mass is 9.96. The molecule has 0 aliphatic heterocycles. The van der Waals surface area contributed by atoms with Gasteiger partial charge >= 0.3 is 5.97 Å². The topological polar surface area (TPSA) is 35.5 Å². The fraction of sp³-hybridized carbons (Fsp3) is 0.107. The molecule has 2 heterocycles. The Morgan fingerprint density at radius 1 is 0.909 bits per heavy atom. The lowest BCUT2D eigenvalue weighted by molar-refractivity contribution is -0.137. The summed E-state index contributed by atoms with van der Waals surface area (Å²) in [5.74, 6) is 0.379. The Kier molecular flexibility index (Phi) is 5.75. The molecular formula is C28H22O3S2. The molecule has 2 aromatic heterocycles. The number of ether oxygens (including phenoxy) is 2. The fourth-order valence-corrected chi connectivity index (χ4v) is 5.96. The Hall–Kier alpha value is -3.41. The van der Waals surface area contributed by atoms with E-state index in [1.54, 1.807) is 29.8 Å².